The number of halogens is 1. The lowest BCUT2D eigenvalue weighted by molar-refractivity contribution is 0.0949. The molecule has 2 N–H and O–H groups in total. The SMILES string of the molecule is CC[C@@H]1CCc2sc(C(=O)NNS(=O)(=O)c3cccc(F)c3)cc2C1. The van der Waals surface area contributed by atoms with Gasteiger partial charge < -0.3 is 0 Å². The van der Waals surface area contributed by atoms with Crippen molar-refractivity contribution in [1.29, 1.82) is 0 Å². The normalized spacial score (nSPS) is 17.1. The topological polar surface area (TPSA) is 75.3 Å². The summed E-state index contributed by atoms with van der Waals surface area (Å²) in [5.41, 5.74) is 3.38. The van der Waals surface area contributed by atoms with Crippen LogP contribution in [-0.4, -0.2) is 14.3 Å². The second-order valence-corrected chi connectivity index (χ2v) is 8.91. The maximum absolute atomic E-state index is 13.2. The van der Waals surface area contributed by atoms with E-state index in [-0.39, 0.29) is 4.90 Å². The molecule has 0 aliphatic heterocycles. The summed E-state index contributed by atoms with van der Waals surface area (Å²) in [6.45, 7) is 2.16. The van der Waals surface area contributed by atoms with Crippen molar-refractivity contribution >= 4 is 27.3 Å². The number of amides is 1. The lowest BCUT2D eigenvalue weighted by Gasteiger charge is -2.19. The molecule has 0 radical (unpaired) electrons. The summed E-state index contributed by atoms with van der Waals surface area (Å²) in [5.74, 6) is -0.525. The third-order valence-corrected chi connectivity index (χ3v) is 6.87. The Labute approximate surface area is 150 Å². The number of hydrogen-bond acceptors (Lipinski definition) is 4. The summed E-state index contributed by atoms with van der Waals surface area (Å²) in [4.78, 5) is 15.7. The van der Waals surface area contributed by atoms with Gasteiger partial charge in [-0.2, -0.15) is 0 Å². The van der Waals surface area contributed by atoms with E-state index in [9.17, 15) is 17.6 Å². The Morgan fingerprint density at radius 1 is 1.36 bits per heavy atom. The Morgan fingerprint density at radius 3 is 2.88 bits per heavy atom. The quantitative estimate of drug-likeness (QED) is 0.781. The van der Waals surface area contributed by atoms with E-state index in [0.29, 0.717) is 10.8 Å². The zero-order chi connectivity index (χ0) is 18.0. The van der Waals surface area contributed by atoms with Crippen molar-refractivity contribution in [1.82, 2.24) is 10.3 Å². The molecule has 0 bridgehead atoms. The van der Waals surface area contributed by atoms with Crippen LogP contribution in [0.3, 0.4) is 0 Å². The molecule has 0 unspecified atom stereocenters. The predicted octanol–water partition coefficient (Wildman–Crippen LogP) is 3.03. The van der Waals surface area contributed by atoms with Gasteiger partial charge >= 0.3 is 0 Å². The zero-order valence-corrected chi connectivity index (χ0v) is 15.3. The molecule has 1 heterocycles. The van der Waals surface area contributed by atoms with E-state index in [0.717, 1.165) is 37.8 Å². The number of rotatable bonds is 5. The Bertz CT molecular complexity index is 893. The van der Waals surface area contributed by atoms with Gasteiger partial charge in [-0.05, 0) is 55.0 Å². The van der Waals surface area contributed by atoms with E-state index < -0.39 is 21.7 Å². The van der Waals surface area contributed by atoms with Gasteiger partial charge in [0.05, 0.1) is 9.77 Å². The number of benzene rings is 1. The first kappa shape index (κ1) is 18.0. The van der Waals surface area contributed by atoms with Crippen molar-refractivity contribution in [3.8, 4) is 0 Å². The number of nitrogens with one attached hydrogen (secondary N) is 2. The van der Waals surface area contributed by atoms with Crippen molar-refractivity contribution < 1.29 is 17.6 Å². The van der Waals surface area contributed by atoms with Crippen LogP contribution in [0.5, 0.6) is 0 Å². The van der Waals surface area contributed by atoms with Crippen molar-refractivity contribution in [2.24, 2.45) is 5.92 Å². The number of fused-ring (bicyclic) bond motifs is 1. The molecule has 2 aromatic rings. The fourth-order valence-electron chi connectivity index (χ4n) is 2.93. The minimum absolute atomic E-state index is 0.246. The lowest BCUT2D eigenvalue weighted by atomic mass is 9.87. The van der Waals surface area contributed by atoms with Crippen LogP contribution in [0.2, 0.25) is 0 Å². The molecular weight excluding hydrogens is 363 g/mol. The molecule has 1 amide bonds. The first-order valence-corrected chi connectivity index (χ1v) is 10.4. The van der Waals surface area contributed by atoms with Gasteiger partial charge in [-0.1, -0.05) is 19.4 Å². The summed E-state index contributed by atoms with van der Waals surface area (Å²) >= 11 is 1.40. The van der Waals surface area contributed by atoms with Crippen molar-refractivity contribution in [3.05, 3.63) is 51.5 Å². The largest absolute Gasteiger partial charge is 0.276 e. The molecule has 0 fully saturated rings. The third-order valence-electron chi connectivity index (χ3n) is 4.39. The van der Waals surface area contributed by atoms with Crippen LogP contribution in [0.25, 0.3) is 0 Å². The number of thiophene rings is 1. The number of hydrogen-bond donors (Lipinski definition) is 2. The molecule has 1 aliphatic carbocycles. The standard InChI is InChI=1S/C17H19FN2O3S2/c1-2-11-6-7-15-12(8-11)9-16(24-15)17(21)19-20-25(22,23)14-5-3-4-13(18)10-14/h3-5,9-11,20H,2,6-8H2,1H3,(H,19,21)/t11-/m1/s1. The van der Waals surface area contributed by atoms with Crippen molar-refractivity contribution in [3.63, 3.8) is 0 Å². The average Bonchev–Trinajstić information content (AvgIpc) is 3.03. The molecule has 0 saturated heterocycles. The highest BCUT2D eigenvalue weighted by Gasteiger charge is 2.23. The Kier molecular flexibility index (Phi) is 5.21. The Hall–Kier alpha value is -1.77. The number of aryl methyl sites for hydroxylation is 1. The summed E-state index contributed by atoms with van der Waals surface area (Å²) < 4.78 is 37.4. The fraction of sp³-hybridized carbons (Fsp3) is 0.353. The van der Waals surface area contributed by atoms with E-state index in [1.807, 2.05) is 10.9 Å². The van der Waals surface area contributed by atoms with Crippen LogP contribution in [0, 0.1) is 11.7 Å². The third kappa shape index (κ3) is 4.08. The van der Waals surface area contributed by atoms with Crippen LogP contribution in [0.1, 0.15) is 39.9 Å². The molecule has 8 heteroatoms. The second kappa shape index (κ2) is 7.23. The number of sulfonamides is 1. The maximum Gasteiger partial charge on any atom is 0.276 e. The van der Waals surface area contributed by atoms with Crippen molar-refractivity contribution in [2.75, 3.05) is 0 Å². The van der Waals surface area contributed by atoms with Crippen molar-refractivity contribution in [2.45, 2.75) is 37.5 Å². The molecule has 0 spiro atoms. The molecule has 5 nitrogen and oxygen atoms in total. The molecule has 25 heavy (non-hydrogen) atoms. The van der Waals surface area contributed by atoms with Gasteiger partial charge in [0, 0.05) is 4.88 Å². The highest BCUT2D eigenvalue weighted by Crippen LogP contribution is 2.33. The van der Waals surface area contributed by atoms with Crippen LogP contribution >= 0.6 is 11.3 Å². The monoisotopic (exact) mass is 382 g/mol. The Balaban J connectivity index is 1.68. The summed E-state index contributed by atoms with van der Waals surface area (Å²) in [6.07, 6.45) is 4.16. The average molecular weight is 382 g/mol. The maximum atomic E-state index is 13.2. The van der Waals surface area contributed by atoms with Gasteiger partial charge in [0.25, 0.3) is 15.9 Å². The molecule has 134 valence electrons. The summed E-state index contributed by atoms with van der Waals surface area (Å²) in [6, 6.07) is 6.43. The summed E-state index contributed by atoms with van der Waals surface area (Å²) in [5, 5.41) is 0. The first-order valence-electron chi connectivity index (χ1n) is 8.08. The molecular formula is C17H19FN2O3S2. The predicted molar refractivity (Wildman–Crippen MR) is 94.3 cm³/mol. The molecule has 3 rings (SSSR count). The van der Waals surface area contributed by atoms with E-state index >= 15 is 0 Å². The van der Waals surface area contributed by atoms with Gasteiger partial charge in [0.2, 0.25) is 0 Å². The number of carbonyl (C=O) groups excluding carboxylic acids is 1. The van der Waals surface area contributed by atoms with Crippen LogP contribution in [0.15, 0.2) is 35.2 Å². The highest BCUT2D eigenvalue weighted by molar-refractivity contribution is 7.89. The van der Waals surface area contributed by atoms with Gasteiger partial charge in [0.15, 0.2) is 0 Å². The zero-order valence-electron chi connectivity index (χ0n) is 13.7. The van der Waals surface area contributed by atoms with Gasteiger partial charge in [-0.3, -0.25) is 10.2 Å². The van der Waals surface area contributed by atoms with Gasteiger partial charge in [-0.15, -0.1) is 16.2 Å². The molecule has 1 aliphatic rings. The Morgan fingerprint density at radius 2 is 2.16 bits per heavy atom. The molecule has 1 aromatic carbocycles. The van der Waals surface area contributed by atoms with Crippen LogP contribution in [0.4, 0.5) is 4.39 Å². The van der Waals surface area contributed by atoms with Crippen LogP contribution < -0.4 is 10.3 Å². The van der Waals surface area contributed by atoms with E-state index in [1.165, 1.54) is 33.9 Å². The smallest absolute Gasteiger partial charge is 0.273 e. The number of hydrazine groups is 1. The van der Waals surface area contributed by atoms with E-state index in [4.69, 9.17) is 0 Å². The fourth-order valence-corrected chi connectivity index (χ4v) is 4.90. The van der Waals surface area contributed by atoms with Gasteiger partial charge in [0.1, 0.15) is 5.82 Å². The lowest BCUT2D eigenvalue weighted by Crippen LogP contribution is -2.41. The molecule has 1 atom stereocenters. The molecule has 0 saturated carbocycles. The highest BCUT2D eigenvalue weighted by atomic mass is 32.2. The number of carbonyl (C=O) groups is 1. The van der Waals surface area contributed by atoms with E-state index in [2.05, 4.69) is 12.3 Å². The minimum Gasteiger partial charge on any atom is -0.273 e. The minimum atomic E-state index is -4.02. The van der Waals surface area contributed by atoms with E-state index in [1.54, 1.807) is 0 Å². The molecule has 1 aromatic heterocycles. The first-order chi connectivity index (χ1) is 11.9. The second-order valence-electron chi connectivity index (χ2n) is 6.09. The summed E-state index contributed by atoms with van der Waals surface area (Å²) in [7, 11) is -4.02. The van der Waals surface area contributed by atoms with Gasteiger partial charge in [-0.25, -0.2) is 12.8 Å². The van der Waals surface area contributed by atoms with Crippen LogP contribution in [-0.2, 0) is 22.9 Å².